The van der Waals surface area contributed by atoms with Gasteiger partial charge in [-0.2, -0.15) is 4.68 Å². The molecule has 1 fully saturated rings. The van der Waals surface area contributed by atoms with Gasteiger partial charge in [-0.1, -0.05) is 36.3 Å². The second-order valence-corrected chi connectivity index (χ2v) is 7.58. The molecule has 3 aromatic rings. The Hall–Kier alpha value is -2.39. The van der Waals surface area contributed by atoms with Crippen LogP contribution >= 0.6 is 24.8 Å². The van der Waals surface area contributed by atoms with Crippen LogP contribution < -0.4 is 14.8 Å². The number of halogens is 2. The summed E-state index contributed by atoms with van der Waals surface area (Å²) >= 11 is 0. The average Bonchev–Trinajstić information content (AvgIpc) is 3.45. The molecule has 4 rings (SSSR count). The van der Waals surface area contributed by atoms with E-state index in [1.165, 1.54) is 19.4 Å². The number of para-hydroxylation sites is 1. The van der Waals surface area contributed by atoms with Crippen molar-refractivity contribution in [3.63, 3.8) is 0 Å². The number of rotatable bonds is 10. The van der Waals surface area contributed by atoms with Crippen LogP contribution in [0.4, 0.5) is 0 Å². The number of nitrogens with zero attached hydrogens (tertiary/aromatic N) is 5. The zero-order chi connectivity index (χ0) is 21.5. The number of ether oxygens (including phenoxy) is 2. The summed E-state index contributed by atoms with van der Waals surface area (Å²) in [7, 11) is 0. The standard InChI is InChI=1S/C23H30N6O2.2ClH/c1-3-28-14-8-11-20(28)17-24-16-18-12-13-21(22(15-18)30-4-2)31-23-25-26-27-29(23)19-9-6-5-7-10-19;;/h5-7,9-10,12-13,15,20,24H,3-4,8,11,14,16-17H2,1-2H3;2*1H. The van der Waals surface area contributed by atoms with E-state index < -0.39 is 0 Å². The highest BCUT2D eigenvalue weighted by Crippen LogP contribution is 2.32. The second-order valence-electron chi connectivity index (χ2n) is 7.58. The second kappa shape index (κ2) is 13.3. The third-order valence-electron chi connectivity index (χ3n) is 5.57. The first-order valence-electron chi connectivity index (χ1n) is 11.0. The minimum atomic E-state index is 0. The van der Waals surface area contributed by atoms with Gasteiger partial charge in [0.15, 0.2) is 11.5 Å². The molecule has 0 saturated carbocycles. The Morgan fingerprint density at radius 2 is 1.88 bits per heavy atom. The van der Waals surface area contributed by atoms with Crippen LogP contribution in [0, 0.1) is 0 Å². The number of hydrogen-bond donors (Lipinski definition) is 1. The summed E-state index contributed by atoms with van der Waals surface area (Å²) in [5.74, 6) is 1.27. The minimum absolute atomic E-state index is 0. The molecule has 0 spiro atoms. The third-order valence-corrected chi connectivity index (χ3v) is 5.57. The van der Waals surface area contributed by atoms with Gasteiger partial charge in [0.2, 0.25) is 0 Å². The maximum atomic E-state index is 6.03. The van der Waals surface area contributed by atoms with Crippen molar-refractivity contribution >= 4 is 24.8 Å². The topological polar surface area (TPSA) is 77.3 Å². The fourth-order valence-electron chi connectivity index (χ4n) is 4.01. The molecule has 8 nitrogen and oxygen atoms in total. The Labute approximate surface area is 207 Å². The lowest BCUT2D eigenvalue weighted by Gasteiger charge is -2.23. The summed E-state index contributed by atoms with van der Waals surface area (Å²) in [6.07, 6.45) is 2.57. The van der Waals surface area contributed by atoms with Crippen LogP contribution in [0.1, 0.15) is 32.3 Å². The smallest absolute Gasteiger partial charge is 0.346 e. The number of likely N-dealkylation sites (tertiary alicyclic amines) is 1. The number of aromatic nitrogens is 4. The van der Waals surface area contributed by atoms with Gasteiger partial charge in [-0.05, 0) is 73.1 Å². The molecule has 33 heavy (non-hydrogen) atoms. The molecule has 1 aliphatic heterocycles. The maximum Gasteiger partial charge on any atom is 0.346 e. The summed E-state index contributed by atoms with van der Waals surface area (Å²) in [5, 5.41) is 15.4. The van der Waals surface area contributed by atoms with Gasteiger partial charge < -0.3 is 14.8 Å². The van der Waals surface area contributed by atoms with Crippen molar-refractivity contribution in [2.45, 2.75) is 39.3 Å². The third kappa shape index (κ3) is 6.80. The molecule has 180 valence electrons. The van der Waals surface area contributed by atoms with Gasteiger partial charge in [-0.3, -0.25) is 4.90 Å². The lowest BCUT2D eigenvalue weighted by Crippen LogP contribution is -2.37. The van der Waals surface area contributed by atoms with E-state index in [4.69, 9.17) is 9.47 Å². The van der Waals surface area contributed by atoms with Crippen LogP contribution in [-0.2, 0) is 6.54 Å². The van der Waals surface area contributed by atoms with Crippen LogP contribution in [-0.4, -0.2) is 57.4 Å². The predicted molar refractivity (Wildman–Crippen MR) is 133 cm³/mol. The molecule has 0 bridgehead atoms. The quantitative estimate of drug-likeness (QED) is 0.450. The largest absolute Gasteiger partial charge is 0.490 e. The summed E-state index contributed by atoms with van der Waals surface area (Å²) in [5.41, 5.74) is 1.98. The van der Waals surface area contributed by atoms with E-state index in [-0.39, 0.29) is 24.8 Å². The zero-order valence-corrected chi connectivity index (χ0v) is 20.6. The fraction of sp³-hybridized carbons (Fsp3) is 0.435. The Morgan fingerprint density at radius 1 is 1.06 bits per heavy atom. The van der Waals surface area contributed by atoms with E-state index in [0.717, 1.165) is 30.9 Å². The number of hydrogen-bond acceptors (Lipinski definition) is 7. The van der Waals surface area contributed by atoms with E-state index in [9.17, 15) is 0 Å². The van der Waals surface area contributed by atoms with Crippen molar-refractivity contribution in [1.82, 2.24) is 30.4 Å². The molecule has 10 heteroatoms. The summed E-state index contributed by atoms with van der Waals surface area (Å²) in [4.78, 5) is 2.55. The van der Waals surface area contributed by atoms with Crippen molar-refractivity contribution in [2.75, 3.05) is 26.2 Å². The fourth-order valence-corrected chi connectivity index (χ4v) is 4.01. The highest BCUT2D eigenvalue weighted by atomic mass is 35.5. The van der Waals surface area contributed by atoms with Gasteiger partial charge >= 0.3 is 6.01 Å². The molecular formula is C23H32Cl2N6O2. The van der Waals surface area contributed by atoms with Gasteiger partial charge in [0.05, 0.1) is 12.3 Å². The van der Waals surface area contributed by atoms with E-state index in [0.29, 0.717) is 30.2 Å². The van der Waals surface area contributed by atoms with Gasteiger partial charge in [0.1, 0.15) is 0 Å². The molecule has 1 N–H and O–H groups in total. The molecular weight excluding hydrogens is 463 g/mol. The van der Waals surface area contributed by atoms with Crippen LogP contribution in [0.25, 0.3) is 5.69 Å². The SMILES string of the molecule is CCOc1cc(CNCC2CCCN2CC)ccc1Oc1nnnn1-c1ccccc1.Cl.Cl. The monoisotopic (exact) mass is 494 g/mol. The van der Waals surface area contributed by atoms with Gasteiger partial charge in [-0.25, -0.2) is 0 Å². The van der Waals surface area contributed by atoms with Crippen LogP contribution in [0.5, 0.6) is 17.5 Å². The predicted octanol–water partition coefficient (Wildman–Crippen LogP) is 4.27. The summed E-state index contributed by atoms with van der Waals surface area (Å²) in [6, 6.07) is 16.6. The van der Waals surface area contributed by atoms with Crippen LogP contribution in [0.2, 0.25) is 0 Å². The van der Waals surface area contributed by atoms with Crippen molar-refractivity contribution in [1.29, 1.82) is 0 Å². The van der Waals surface area contributed by atoms with Crippen LogP contribution in [0.15, 0.2) is 48.5 Å². The maximum absolute atomic E-state index is 6.03. The number of likely N-dealkylation sites (N-methyl/N-ethyl adjacent to an activating group) is 1. The lowest BCUT2D eigenvalue weighted by molar-refractivity contribution is 0.260. The average molecular weight is 495 g/mol. The molecule has 2 aromatic carbocycles. The normalized spacial score (nSPS) is 15.5. The first-order chi connectivity index (χ1) is 15.3. The highest BCUT2D eigenvalue weighted by Gasteiger charge is 2.22. The molecule has 0 radical (unpaired) electrons. The summed E-state index contributed by atoms with van der Waals surface area (Å²) < 4.78 is 13.4. The van der Waals surface area contributed by atoms with E-state index >= 15 is 0 Å². The molecule has 0 aliphatic carbocycles. The van der Waals surface area contributed by atoms with Crippen molar-refractivity contribution < 1.29 is 9.47 Å². The number of nitrogens with one attached hydrogen (secondary N) is 1. The Bertz CT molecular complexity index is 973. The van der Waals surface area contributed by atoms with Gasteiger partial charge in [0, 0.05) is 19.1 Å². The van der Waals surface area contributed by atoms with E-state index in [1.54, 1.807) is 4.68 Å². The lowest BCUT2D eigenvalue weighted by atomic mass is 10.1. The molecule has 1 unspecified atom stereocenters. The van der Waals surface area contributed by atoms with Gasteiger partial charge in [-0.15, -0.1) is 24.8 Å². The van der Waals surface area contributed by atoms with E-state index in [2.05, 4.69) is 32.7 Å². The van der Waals surface area contributed by atoms with Crippen molar-refractivity contribution in [3.8, 4) is 23.2 Å². The zero-order valence-electron chi connectivity index (χ0n) is 19.0. The molecule has 1 atom stereocenters. The first kappa shape index (κ1) is 26.9. The van der Waals surface area contributed by atoms with E-state index in [1.807, 2.05) is 55.5 Å². The molecule has 0 amide bonds. The molecule has 1 aliphatic rings. The van der Waals surface area contributed by atoms with Crippen molar-refractivity contribution in [3.05, 3.63) is 54.1 Å². The molecule has 1 aromatic heterocycles. The first-order valence-corrected chi connectivity index (χ1v) is 11.0. The Morgan fingerprint density at radius 3 is 2.64 bits per heavy atom. The van der Waals surface area contributed by atoms with Crippen molar-refractivity contribution in [2.24, 2.45) is 0 Å². The van der Waals surface area contributed by atoms with Crippen LogP contribution in [0.3, 0.4) is 0 Å². The van der Waals surface area contributed by atoms with Gasteiger partial charge in [0.25, 0.3) is 0 Å². The minimum Gasteiger partial charge on any atom is -0.490 e. The molecule has 1 saturated heterocycles. The highest BCUT2D eigenvalue weighted by molar-refractivity contribution is 5.85. The molecule has 2 heterocycles. The number of tetrazole rings is 1. The Balaban J connectivity index is 0.00000193. The number of benzene rings is 2. The Kier molecular flexibility index (Phi) is 10.9. The summed E-state index contributed by atoms with van der Waals surface area (Å²) in [6.45, 7) is 8.87.